The molecule has 1 saturated carbocycles. The highest BCUT2D eigenvalue weighted by molar-refractivity contribution is 5.79. The minimum Gasteiger partial charge on any atom is -0.353 e. The summed E-state index contributed by atoms with van der Waals surface area (Å²) in [4.78, 5) is 6.94. The van der Waals surface area contributed by atoms with Crippen LogP contribution in [0.15, 0.2) is 4.99 Å². The van der Waals surface area contributed by atoms with Crippen LogP contribution in [0.4, 0.5) is 0 Å². The molecule has 1 saturated heterocycles. The maximum Gasteiger partial charge on any atom is 0.205 e. The molecule has 1 heterocycles. The van der Waals surface area contributed by atoms with Crippen molar-refractivity contribution in [1.29, 1.82) is 0 Å². The van der Waals surface area contributed by atoms with Gasteiger partial charge in [0.25, 0.3) is 0 Å². The van der Waals surface area contributed by atoms with Crippen LogP contribution in [0, 0.1) is 0 Å². The Labute approximate surface area is 97.4 Å². The number of guanidine groups is 1. The topological polar surface area (TPSA) is 65.7 Å². The molecule has 2 fully saturated rings. The minimum absolute atomic E-state index is 0.605. The molecule has 2 aliphatic rings. The van der Waals surface area contributed by atoms with Crippen LogP contribution in [-0.4, -0.2) is 43.1 Å². The monoisotopic (exact) mass is 225 g/mol. The fourth-order valence-corrected chi connectivity index (χ4v) is 2.05. The molecule has 0 amide bonds. The molecule has 0 unspecified atom stereocenters. The van der Waals surface area contributed by atoms with E-state index >= 15 is 0 Å². The maximum atomic E-state index is 5.40. The minimum atomic E-state index is 0.605. The van der Waals surface area contributed by atoms with Crippen molar-refractivity contribution >= 4 is 5.96 Å². The zero-order valence-electron chi connectivity index (χ0n) is 9.91. The lowest BCUT2D eigenvalue weighted by atomic mass is 10.4. The molecule has 0 aromatic carbocycles. The van der Waals surface area contributed by atoms with Crippen LogP contribution in [-0.2, 0) is 0 Å². The summed E-state index contributed by atoms with van der Waals surface area (Å²) in [5.74, 6) is 6.15. The Morgan fingerprint density at radius 2 is 2.06 bits per heavy atom. The first kappa shape index (κ1) is 11.7. The zero-order chi connectivity index (χ0) is 11.2. The van der Waals surface area contributed by atoms with Crippen LogP contribution < -0.4 is 16.6 Å². The van der Waals surface area contributed by atoms with Gasteiger partial charge in [-0.2, -0.15) is 0 Å². The third-order valence-electron chi connectivity index (χ3n) is 3.16. The number of likely N-dealkylation sites (tertiary alicyclic amines) is 1. The summed E-state index contributed by atoms with van der Waals surface area (Å²) in [6, 6.07) is 0.605. The molecule has 1 aliphatic carbocycles. The van der Waals surface area contributed by atoms with Gasteiger partial charge >= 0.3 is 0 Å². The lowest BCUT2D eigenvalue weighted by molar-refractivity contribution is 0.336. The van der Waals surface area contributed by atoms with Crippen molar-refractivity contribution in [2.45, 2.75) is 38.1 Å². The number of aliphatic imine (C=N–C) groups is 1. The Hall–Kier alpha value is -0.810. The Bertz CT molecular complexity index is 231. The lowest BCUT2D eigenvalue weighted by Gasteiger charge is -2.13. The molecule has 0 bridgehead atoms. The number of nitrogens with two attached hydrogens (primary N) is 1. The third-order valence-corrected chi connectivity index (χ3v) is 3.16. The number of hydrogen-bond donors (Lipinski definition) is 3. The van der Waals surface area contributed by atoms with Gasteiger partial charge in [-0.25, -0.2) is 5.84 Å². The summed E-state index contributed by atoms with van der Waals surface area (Å²) >= 11 is 0. The average molecular weight is 225 g/mol. The molecule has 0 radical (unpaired) electrons. The summed E-state index contributed by atoms with van der Waals surface area (Å²) in [5, 5.41) is 3.27. The second-order valence-corrected chi connectivity index (χ2v) is 4.70. The van der Waals surface area contributed by atoms with Gasteiger partial charge in [0.15, 0.2) is 0 Å². The zero-order valence-corrected chi connectivity index (χ0v) is 9.91. The standard InChI is InChI=1S/C11H23N5/c12-15-11(14-10-4-5-10)13-6-3-9-16-7-1-2-8-16/h10H,1-9,12H2,(H2,13,14,15). The van der Waals surface area contributed by atoms with Gasteiger partial charge in [-0.05, 0) is 51.7 Å². The number of nitrogens with one attached hydrogen (secondary N) is 2. The van der Waals surface area contributed by atoms with E-state index in [0.29, 0.717) is 6.04 Å². The van der Waals surface area contributed by atoms with Crippen molar-refractivity contribution in [2.75, 3.05) is 26.2 Å². The summed E-state index contributed by atoms with van der Waals surface area (Å²) in [6.45, 7) is 4.57. The fraction of sp³-hybridized carbons (Fsp3) is 0.909. The molecule has 5 nitrogen and oxygen atoms in total. The van der Waals surface area contributed by atoms with Gasteiger partial charge in [0.05, 0.1) is 0 Å². The van der Waals surface area contributed by atoms with E-state index in [-0.39, 0.29) is 0 Å². The highest BCUT2D eigenvalue weighted by atomic mass is 15.3. The Morgan fingerprint density at radius 1 is 1.31 bits per heavy atom. The van der Waals surface area contributed by atoms with Crippen LogP contribution in [0.1, 0.15) is 32.1 Å². The molecule has 92 valence electrons. The van der Waals surface area contributed by atoms with E-state index in [4.69, 9.17) is 5.84 Å². The van der Waals surface area contributed by atoms with E-state index in [9.17, 15) is 0 Å². The molecule has 0 aromatic heterocycles. The third kappa shape index (κ3) is 3.98. The molecule has 1 aliphatic heterocycles. The predicted octanol–water partition coefficient (Wildman–Crippen LogP) is 0.0436. The van der Waals surface area contributed by atoms with E-state index in [1.54, 1.807) is 0 Å². The first-order valence-corrected chi connectivity index (χ1v) is 6.38. The molecule has 2 rings (SSSR count). The molecule has 5 heteroatoms. The highest BCUT2D eigenvalue weighted by Crippen LogP contribution is 2.18. The molecule has 0 aromatic rings. The molecule has 16 heavy (non-hydrogen) atoms. The van der Waals surface area contributed by atoms with Crippen LogP contribution in [0.5, 0.6) is 0 Å². The van der Waals surface area contributed by atoms with E-state index in [1.165, 1.54) is 45.3 Å². The summed E-state index contributed by atoms with van der Waals surface area (Å²) in [5.41, 5.74) is 2.63. The molecular weight excluding hydrogens is 202 g/mol. The first-order valence-electron chi connectivity index (χ1n) is 6.38. The van der Waals surface area contributed by atoms with E-state index in [2.05, 4.69) is 20.6 Å². The predicted molar refractivity (Wildman–Crippen MR) is 66.1 cm³/mol. The van der Waals surface area contributed by atoms with Crippen LogP contribution >= 0.6 is 0 Å². The van der Waals surface area contributed by atoms with Crippen LogP contribution in [0.3, 0.4) is 0 Å². The van der Waals surface area contributed by atoms with Crippen molar-refractivity contribution in [3.63, 3.8) is 0 Å². The summed E-state index contributed by atoms with van der Waals surface area (Å²) < 4.78 is 0. The number of hydrogen-bond acceptors (Lipinski definition) is 3. The van der Waals surface area contributed by atoms with Gasteiger partial charge in [0, 0.05) is 12.6 Å². The van der Waals surface area contributed by atoms with Crippen molar-refractivity contribution in [3.8, 4) is 0 Å². The van der Waals surface area contributed by atoms with Crippen molar-refractivity contribution in [2.24, 2.45) is 10.8 Å². The van der Waals surface area contributed by atoms with Crippen LogP contribution in [0.2, 0.25) is 0 Å². The number of rotatable bonds is 5. The van der Waals surface area contributed by atoms with Gasteiger partial charge < -0.3 is 10.2 Å². The van der Waals surface area contributed by atoms with Gasteiger partial charge in [0.1, 0.15) is 0 Å². The normalized spacial score (nSPS) is 22.4. The summed E-state index contributed by atoms with van der Waals surface area (Å²) in [6.07, 6.45) is 6.34. The second-order valence-electron chi connectivity index (χ2n) is 4.70. The van der Waals surface area contributed by atoms with Crippen molar-refractivity contribution in [3.05, 3.63) is 0 Å². The van der Waals surface area contributed by atoms with Gasteiger partial charge in [-0.15, -0.1) is 0 Å². The van der Waals surface area contributed by atoms with Gasteiger partial charge in [-0.3, -0.25) is 10.4 Å². The quantitative estimate of drug-likeness (QED) is 0.203. The Balaban J connectivity index is 1.58. The highest BCUT2D eigenvalue weighted by Gasteiger charge is 2.21. The Kier molecular flexibility index (Phi) is 4.42. The molecule has 4 N–H and O–H groups in total. The number of hydrazine groups is 1. The smallest absolute Gasteiger partial charge is 0.205 e. The fourth-order valence-electron chi connectivity index (χ4n) is 2.05. The first-order chi connectivity index (χ1) is 7.88. The number of nitrogens with zero attached hydrogens (tertiary/aromatic N) is 2. The summed E-state index contributed by atoms with van der Waals surface area (Å²) in [7, 11) is 0. The van der Waals surface area contributed by atoms with Crippen LogP contribution in [0.25, 0.3) is 0 Å². The maximum absolute atomic E-state index is 5.40. The molecule has 0 atom stereocenters. The largest absolute Gasteiger partial charge is 0.353 e. The SMILES string of the molecule is NNC(=NCCCN1CCCC1)NC1CC1. The van der Waals surface area contributed by atoms with Gasteiger partial charge in [0.2, 0.25) is 5.96 Å². The van der Waals surface area contributed by atoms with Crippen molar-refractivity contribution in [1.82, 2.24) is 15.6 Å². The Morgan fingerprint density at radius 3 is 2.69 bits per heavy atom. The van der Waals surface area contributed by atoms with Crippen molar-refractivity contribution < 1.29 is 0 Å². The van der Waals surface area contributed by atoms with Gasteiger partial charge in [-0.1, -0.05) is 0 Å². The lowest BCUT2D eigenvalue weighted by Crippen LogP contribution is -2.42. The second kappa shape index (κ2) is 6.06. The molecule has 0 spiro atoms. The van der Waals surface area contributed by atoms with E-state index < -0.39 is 0 Å². The van der Waals surface area contributed by atoms with E-state index in [1.807, 2.05) is 0 Å². The average Bonchev–Trinajstić information content (AvgIpc) is 2.96. The molecular formula is C11H23N5. The van der Waals surface area contributed by atoms with E-state index in [0.717, 1.165) is 18.9 Å².